The van der Waals surface area contributed by atoms with E-state index in [2.05, 4.69) is 481 Å². The third kappa shape index (κ3) is 12.6. The molecule has 26 rings (SSSR count). The average Bonchev–Trinajstić information content (AvgIpc) is 1.55. The Morgan fingerprint density at radius 1 is 0.159 bits per heavy atom. The average molecular weight is 1690 g/mol. The van der Waals surface area contributed by atoms with Gasteiger partial charge in [0, 0.05) is 132 Å². The molecule has 0 saturated carbocycles. The fourth-order valence-electron chi connectivity index (χ4n) is 20.9. The summed E-state index contributed by atoms with van der Waals surface area (Å²) >= 11 is 0. The van der Waals surface area contributed by atoms with Crippen molar-refractivity contribution in [2.24, 2.45) is 0 Å². The van der Waals surface area contributed by atoms with Crippen LogP contribution in [0.1, 0.15) is 33.4 Å². The number of hydrogen-bond acceptors (Lipinski definition) is 4. The summed E-state index contributed by atoms with van der Waals surface area (Å²) in [5.74, 6) is 1.44. The van der Waals surface area contributed by atoms with Crippen LogP contribution in [-0.4, -0.2) is 47.3 Å². The van der Waals surface area contributed by atoms with E-state index >= 15 is 0 Å². The molecule has 8 heterocycles. The van der Waals surface area contributed by atoms with Gasteiger partial charge in [-0.1, -0.05) is 266 Å². The summed E-state index contributed by atoms with van der Waals surface area (Å²) in [4.78, 5) is 20.8. The number of aromatic nitrogens is 10. The molecule has 132 heavy (non-hydrogen) atoms. The number of aryl methyl sites for hydroxylation is 6. The first-order valence-corrected chi connectivity index (χ1v) is 45.3. The van der Waals surface area contributed by atoms with Gasteiger partial charge in [-0.05, 0) is 222 Å². The fraction of sp³-hybridized carbons (Fsp3) is 0.0492. The molecule has 0 atom stereocenters. The summed E-state index contributed by atoms with van der Waals surface area (Å²) in [5, 5.41) is 14.8. The van der Waals surface area contributed by atoms with Crippen LogP contribution in [0.2, 0.25) is 0 Å². The number of hydrogen-bond donors (Lipinski definition) is 0. The molecule has 0 aliphatic heterocycles. The highest BCUT2D eigenvalue weighted by Crippen LogP contribution is 2.46. The molecule has 0 amide bonds. The Balaban J connectivity index is 0.000000142. The third-order valence-electron chi connectivity index (χ3n) is 27.2. The van der Waals surface area contributed by atoms with Crippen LogP contribution in [0.3, 0.4) is 0 Å². The van der Waals surface area contributed by atoms with E-state index in [9.17, 15) is 0 Å². The monoisotopic (exact) mass is 1690 g/mol. The zero-order chi connectivity index (χ0) is 88.1. The molecule has 0 aliphatic rings. The van der Waals surface area contributed by atoms with Gasteiger partial charge in [-0.3, -0.25) is 0 Å². The summed E-state index contributed by atoms with van der Waals surface area (Å²) in [7, 11) is 0. The fourth-order valence-corrected chi connectivity index (χ4v) is 20.9. The number of para-hydroxylation sites is 8. The lowest BCUT2D eigenvalue weighted by Crippen LogP contribution is -2.00. The lowest BCUT2D eigenvalue weighted by Gasteiger charge is -2.15. The van der Waals surface area contributed by atoms with Crippen molar-refractivity contribution in [1.82, 2.24) is 47.3 Å². The Morgan fingerprint density at radius 3 is 0.795 bits per heavy atom. The Bertz CT molecular complexity index is 8560. The van der Waals surface area contributed by atoms with Crippen molar-refractivity contribution >= 4 is 131 Å². The van der Waals surface area contributed by atoms with Crippen LogP contribution >= 0.6 is 0 Å². The Morgan fingerprint density at radius 2 is 0.432 bits per heavy atom. The predicted molar refractivity (Wildman–Crippen MR) is 551 cm³/mol. The van der Waals surface area contributed by atoms with E-state index in [-0.39, 0.29) is 0 Å². The minimum atomic E-state index is 0.715. The third-order valence-corrected chi connectivity index (χ3v) is 27.2. The van der Waals surface area contributed by atoms with Crippen molar-refractivity contribution in [2.75, 3.05) is 0 Å². The minimum absolute atomic E-state index is 0.715. The van der Waals surface area contributed by atoms with Crippen molar-refractivity contribution in [1.29, 1.82) is 0 Å². The van der Waals surface area contributed by atoms with Gasteiger partial charge in [0.25, 0.3) is 0 Å². The number of fused-ring (bicyclic) bond motifs is 18. The second-order valence-corrected chi connectivity index (χ2v) is 35.2. The largest absolute Gasteiger partial charge is 0.309 e. The molecule has 0 radical (unpaired) electrons. The van der Waals surface area contributed by atoms with Crippen molar-refractivity contribution in [2.45, 2.75) is 41.5 Å². The molecule has 0 aliphatic carbocycles. The standard InChI is InChI=1S/2C61H43N5/c1-38-20-24-41(25-21-38)53-37-54(63-61(62-53)42-26-22-39(2)23-27-42)46-31-28-43(34-40(46)3)64-59-32-29-44(65-55-16-8-4-12-47(55)48-13-5-9-17-56(48)65)35-51(59)52-36-45(30-33-60(52)64)66-57-18-10-6-14-49(57)50-15-7-11-19-58(50)66;1-38-16-4-6-18-44(38)53-37-52(62-61(63-53)45-19-7-5-17-39(45)2)41-28-31-54(40(3)34-41)66-59-32-29-42(64-55-24-12-8-20-46(55)47-21-9-13-25-56(47)64)35-50(59)51-36-43(30-33-60(51)66)65-57-26-14-10-22-48(57)49-23-11-15-27-58(49)65/h2*4-37H,1-3H3. The maximum Gasteiger partial charge on any atom is 0.160 e. The predicted octanol–water partition coefficient (Wildman–Crippen LogP) is 31.4. The number of nitrogens with zero attached hydrogens (tertiary/aromatic N) is 10. The van der Waals surface area contributed by atoms with Crippen molar-refractivity contribution in [3.8, 4) is 102 Å². The molecule has 0 spiro atoms. The highest BCUT2D eigenvalue weighted by molar-refractivity contribution is 6.17. The van der Waals surface area contributed by atoms with Gasteiger partial charge in [-0.15, -0.1) is 0 Å². The summed E-state index contributed by atoms with van der Waals surface area (Å²) in [6, 6.07) is 150. The molecular weight excluding hydrogens is 1610 g/mol. The van der Waals surface area contributed by atoms with Gasteiger partial charge in [0.05, 0.1) is 89.0 Å². The van der Waals surface area contributed by atoms with Gasteiger partial charge in [0.15, 0.2) is 11.6 Å². The molecule has 8 aromatic heterocycles. The summed E-state index contributed by atoms with van der Waals surface area (Å²) in [6.45, 7) is 12.9. The van der Waals surface area contributed by atoms with E-state index in [1.807, 2.05) is 0 Å². The molecule has 0 N–H and O–H groups in total. The smallest absolute Gasteiger partial charge is 0.160 e. The first-order chi connectivity index (χ1) is 64.9. The first kappa shape index (κ1) is 77.3. The van der Waals surface area contributed by atoms with Crippen LogP contribution < -0.4 is 0 Å². The summed E-state index contributed by atoms with van der Waals surface area (Å²) < 4.78 is 14.6. The van der Waals surface area contributed by atoms with E-state index in [1.165, 1.54) is 125 Å². The molecule has 26 aromatic rings. The minimum Gasteiger partial charge on any atom is -0.309 e. The Kier molecular flexibility index (Phi) is 18.1. The second kappa shape index (κ2) is 30.9. The molecule has 624 valence electrons. The molecule has 0 saturated heterocycles. The lowest BCUT2D eigenvalue weighted by molar-refractivity contribution is 1.13. The van der Waals surface area contributed by atoms with Crippen LogP contribution in [0.15, 0.2) is 413 Å². The Hall–Kier alpha value is -17.1. The van der Waals surface area contributed by atoms with Gasteiger partial charge in [0.2, 0.25) is 0 Å². The van der Waals surface area contributed by atoms with E-state index in [1.54, 1.807) is 0 Å². The van der Waals surface area contributed by atoms with Crippen molar-refractivity contribution in [3.63, 3.8) is 0 Å². The quantitative estimate of drug-likeness (QED) is 0.122. The Labute approximate surface area is 762 Å². The highest BCUT2D eigenvalue weighted by Gasteiger charge is 2.26. The van der Waals surface area contributed by atoms with E-state index < -0.39 is 0 Å². The first-order valence-electron chi connectivity index (χ1n) is 45.3. The highest BCUT2D eigenvalue weighted by atomic mass is 15.0. The SMILES string of the molecule is Cc1ccc(-c2cc(-c3ccc(-n4c5ccc(-n6c7ccccc7c7ccccc76)cc5c5cc(-n6c7ccccc7c7ccccc76)ccc54)cc3C)nc(-c3ccc(C)cc3)n2)cc1.Cc1ccccc1-c1cc(-c2ccc(-n3c4ccc(-n5c6ccccc6c6ccccc65)cc4c4cc(-n5c6ccccc6c6ccccc65)ccc43)c(C)c2)nc(-c2ccccc2C)n1. The van der Waals surface area contributed by atoms with Gasteiger partial charge < -0.3 is 27.4 Å². The zero-order valence-corrected chi connectivity index (χ0v) is 73.7. The molecule has 0 unspecified atom stereocenters. The normalized spacial score (nSPS) is 11.9. The number of benzene rings is 18. The van der Waals surface area contributed by atoms with E-state index in [0.717, 1.165) is 135 Å². The van der Waals surface area contributed by atoms with Gasteiger partial charge in [-0.25, -0.2) is 19.9 Å². The lowest BCUT2D eigenvalue weighted by atomic mass is 10.0. The second-order valence-electron chi connectivity index (χ2n) is 35.2. The maximum atomic E-state index is 5.26. The van der Waals surface area contributed by atoms with Crippen LogP contribution in [-0.2, 0) is 0 Å². The van der Waals surface area contributed by atoms with Crippen molar-refractivity contribution < 1.29 is 0 Å². The molecule has 0 bridgehead atoms. The van der Waals surface area contributed by atoms with Gasteiger partial charge >= 0.3 is 0 Å². The molecule has 10 heteroatoms. The summed E-state index contributed by atoms with van der Waals surface area (Å²) in [6.07, 6.45) is 0. The van der Waals surface area contributed by atoms with Crippen LogP contribution in [0.4, 0.5) is 0 Å². The van der Waals surface area contributed by atoms with Gasteiger partial charge in [0.1, 0.15) is 0 Å². The zero-order valence-electron chi connectivity index (χ0n) is 73.7. The van der Waals surface area contributed by atoms with E-state index in [0.29, 0.717) is 5.82 Å². The van der Waals surface area contributed by atoms with Gasteiger partial charge in [-0.2, -0.15) is 0 Å². The van der Waals surface area contributed by atoms with E-state index in [4.69, 9.17) is 19.9 Å². The molecule has 10 nitrogen and oxygen atoms in total. The molecular formula is C122H86N10. The van der Waals surface area contributed by atoms with Crippen molar-refractivity contribution in [3.05, 3.63) is 446 Å². The molecule has 0 fully saturated rings. The van der Waals surface area contributed by atoms with Crippen LogP contribution in [0.5, 0.6) is 0 Å². The van der Waals surface area contributed by atoms with Crippen LogP contribution in [0.25, 0.3) is 233 Å². The summed E-state index contributed by atoms with van der Waals surface area (Å²) in [5.41, 5.74) is 37.8. The maximum absolute atomic E-state index is 5.26. The molecule has 18 aromatic carbocycles. The number of rotatable bonds is 12. The van der Waals surface area contributed by atoms with Crippen LogP contribution in [0, 0.1) is 41.5 Å². The topological polar surface area (TPSA) is 81.1 Å².